The van der Waals surface area contributed by atoms with E-state index < -0.39 is 5.97 Å². The Morgan fingerprint density at radius 2 is 1.96 bits per heavy atom. The average molecular weight is 343 g/mol. The van der Waals surface area contributed by atoms with Gasteiger partial charge in [0.25, 0.3) is 5.91 Å². The lowest BCUT2D eigenvalue weighted by atomic mass is 10.2. The maximum Gasteiger partial charge on any atom is 0.323 e. The van der Waals surface area contributed by atoms with Crippen LogP contribution in [0, 0.1) is 5.82 Å². The van der Waals surface area contributed by atoms with Crippen molar-refractivity contribution >= 4 is 11.9 Å². The van der Waals surface area contributed by atoms with Crippen LogP contribution in [0.25, 0.3) is 5.69 Å². The van der Waals surface area contributed by atoms with Crippen LogP contribution >= 0.6 is 0 Å². The fraction of sp³-hybridized carbons (Fsp3) is 0.389. The van der Waals surface area contributed by atoms with Crippen LogP contribution in [0.2, 0.25) is 0 Å². The average Bonchev–Trinajstić information content (AvgIpc) is 3.19. The lowest BCUT2D eigenvalue weighted by Gasteiger charge is -2.19. The highest BCUT2D eigenvalue weighted by atomic mass is 19.1. The molecule has 6 nitrogen and oxygen atoms in total. The van der Waals surface area contributed by atoms with E-state index in [1.54, 1.807) is 16.8 Å². The molecule has 1 saturated carbocycles. The van der Waals surface area contributed by atoms with Gasteiger partial charge in [-0.25, -0.2) is 9.07 Å². The molecule has 4 rings (SSSR count). The van der Waals surface area contributed by atoms with Crippen molar-refractivity contribution in [3.8, 4) is 5.69 Å². The molecule has 0 radical (unpaired) electrons. The molecule has 1 aromatic carbocycles. The van der Waals surface area contributed by atoms with E-state index in [2.05, 4.69) is 5.10 Å². The van der Waals surface area contributed by atoms with Gasteiger partial charge in [0.05, 0.1) is 5.69 Å². The first kappa shape index (κ1) is 15.8. The first-order chi connectivity index (χ1) is 12.0. The standard InChI is InChI=1S/C18H18FN3O3/c19-11-4-6-13(7-5-11)22-15-3-1-2-14(15)17(20-22)18(25)21(10-16(23)24)12-8-9-12/h4-7,12H,1-3,8-10H2,(H,23,24). The Hall–Kier alpha value is -2.70. The highest BCUT2D eigenvalue weighted by molar-refractivity contribution is 5.96. The quantitative estimate of drug-likeness (QED) is 0.903. The molecule has 0 saturated heterocycles. The van der Waals surface area contributed by atoms with Gasteiger partial charge in [-0.3, -0.25) is 9.59 Å². The van der Waals surface area contributed by atoms with Gasteiger partial charge in [-0.05, 0) is 56.4 Å². The monoisotopic (exact) mass is 343 g/mol. The van der Waals surface area contributed by atoms with Gasteiger partial charge in [0.15, 0.2) is 5.69 Å². The first-order valence-electron chi connectivity index (χ1n) is 8.44. The molecule has 7 heteroatoms. The van der Waals surface area contributed by atoms with Gasteiger partial charge in [0.1, 0.15) is 12.4 Å². The van der Waals surface area contributed by atoms with Gasteiger partial charge in [-0.1, -0.05) is 0 Å². The highest BCUT2D eigenvalue weighted by Crippen LogP contribution is 2.32. The van der Waals surface area contributed by atoms with Gasteiger partial charge in [-0.15, -0.1) is 0 Å². The van der Waals surface area contributed by atoms with Crippen LogP contribution < -0.4 is 0 Å². The highest BCUT2D eigenvalue weighted by Gasteiger charge is 2.37. The van der Waals surface area contributed by atoms with Gasteiger partial charge in [0, 0.05) is 17.3 Å². The zero-order chi connectivity index (χ0) is 17.6. The van der Waals surface area contributed by atoms with Crippen molar-refractivity contribution < 1.29 is 19.1 Å². The Kier molecular flexibility index (Phi) is 3.78. The van der Waals surface area contributed by atoms with Crippen LogP contribution in [0.4, 0.5) is 4.39 Å². The molecule has 1 heterocycles. The summed E-state index contributed by atoms with van der Waals surface area (Å²) in [5.41, 5.74) is 2.89. The summed E-state index contributed by atoms with van der Waals surface area (Å²) in [7, 11) is 0. The smallest absolute Gasteiger partial charge is 0.323 e. The minimum Gasteiger partial charge on any atom is -0.480 e. The van der Waals surface area contributed by atoms with Crippen LogP contribution in [0.1, 0.15) is 41.0 Å². The third-order valence-electron chi connectivity index (χ3n) is 4.76. The van der Waals surface area contributed by atoms with Gasteiger partial charge in [0.2, 0.25) is 0 Å². The van der Waals surface area contributed by atoms with Crippen molar-refractivity contribution in [2.24, 2.45) is 0 Å². The second kappa shape index (κ2) is 5.98. The van der Waals surface area contributed by atoms with Gasteiger partial charge >= 0.3 is 5.97 Å². The number of rotatable bonds is 5. The maximum atomic E-state index is 13.2. The van der Waals surface area contributed by atoms with E-state index in [-0.39, 0.29) is 24.3 Å². The number of carboxylic acids is 1. The Bertz CT molecular complexity index is 840. The summed E-state index contributed by atoms with van der Waals surface area (Å²) in [5.74, 6) is -1.66. The number of carbonyl (C=O) groups excluding carboxylic acids is 1. The lowest BCUT2D eigenvalue weighted by molar-refractivity contribution is -0.137. The molecule has 1 N–H and O–H groups in total. The van der Waals surface area contributed by atoms with E-state index in [0.717, 1.165) is 43.4 Å². The predicted octanol–water partition coefficient (Wildman–Crippen LogP) is 2.19. The summed E-state index contributed by atoms with van der Waals surface area (Å²) in [6, 6.07) is 5.98. The molecule has 0 unspecified atom stereocenters. The number of amides is 1. The van der Waals surface area contributed by atoms with Crippen molar-refractivity contribution in [1.29, 1.82) is 0 Å². The number of hydrogen-bond donors (Lipinski definition) is 1. The molecule has 2 aliphatic carbocycles. The van der Waals surface area contributed by atoms with Crippen molar-refractivity contribution in [1.82, 2.24) is 14.7 Å². The third-order valence-corrected chi connectivity index (χ3v) is 4.76. The molecule has 0 bridgehead atoms. The van der Waals surface area contributed by atoms with Crippen LogP contribution in [0.5, 0.6) is 0 Å². The fourth-order valence-electron chi connectivity index (χ4n) is 3.44. The van der Waals surface area contributed by atoms with Crippen molar-refractivity contribution in [3.63, 3.8) is 0 Å². The topological polar surface area (TPSA) is 75.4 Å². The number of benzene rings is 1. The Labute approximate surface area is 143 Å². The van der Waals surface area contributed by atoms with Gasteiger partial charge in [-0.2, -0.15) is 5.10 Å². The van der Waals surface area contributed by atoms with Gasteiger partial charge < -0.3 is 10.0 Å². The molecule has 2 aliphatic rings. The normalized spacial score (nSPS) is 15.9. The first-order valence-corrected chi connectivity index (χ1v) is 8.44. The number of fused-ring (bicyclic) bond motifs is 1. The molecule has 1 aromatic heterocycles. The molecule has 0 atom stereocenters. The van der Waals surface area contributed by atoms with Crippen LogP contribution in [-0.4, -0.2) is 44.3 Å². The fourth-order valence-corrected chi connectivity index (χ4v) is 3.44. The molecule has 130 valence electrons. The lowest BCUT2D eigenvalue weighted by Crippen LogP contribution is -2.38. The number of aromatic nitrogens is 2. The molecule has 0 aliphatic heterocycles. The number of carbonyl (C=O) groups is 2. The zero-order valence-corrected chi connectivity index (χ0v) is 13.6. The summed E-state index contributed by atoms with van der Waals surface area (Å²) in [5, 5.41) is 13.6. The molecule has 1 fully saturated rings. The molecule has 1 amide bonds. The molecule has 0 spiro atoms. The van der Waals surface area contributed by atoms with Crippen molar-refractivity contribution in [2.75, 3.05) is 6.54 Å². The maximum absolute atomic E-state index is 13.2. The predicted molar refractivity (Wildman–Crippen MR) is 87.2 cm³/mol. The summed E-state index contributed by atoms with van der Waals surface area (Å²) >= 11 is 0. The summed E-state index contributed by atoms with van der Waals surface area (Å²) in [4.78, 5) is 25.5. The molecule has 25 heavy (non-hydrogen) atoms. The van der Waals surface area contributed by atoms with E-state index >= 15 is 0 Å². The summed E-state index contributed by atoms with van der Waals surface area (Å²) in [6.07, 6.45) is 4.15. The number of nitrogens with zero attached hydrogens (tertiary/aromatic N) is 3. The van der Waals surface area contributed by atoms with Crippen LogP contribution in [0.3, 0.4) is 0 Å². The van der Waals surface area contributed by atoms with Crippen molar-refractivity contribution in [3.05, 3.63) is 47.0 Å². The summed E-state index contributed by atoms with van der Waals surface area (Å²) < 4.78 is 14.9. The van der Waals surface area contributed by atoms with E-state index in [9.17, 15) is 14.0 Å². The Morgan fingerprint density at radius 3 is 2.60 bits per heavy atom. The second-order valence-electron chi connectivity index (χ2n) is 6.57. The Balaban J connectivity index is 1.73. The minimum atomic E-state index is -1.02. The third kappa shape index (κ3) is 2.90. The minimum absolute atomic E-state index is 0.00313. The van der Waals surface area contributed by atoms with E-state index in [1.165, 1.54) is 17.0 Å². The summed E-state index contributed by atoms with van der Waals surface area (Å²) in [6.45, 7) is -0.304. The van der Waals surface area contributed by atoms with E-state index in [4.69, 9.17) is 5.11 Å². The molecular weight excluding hydrogens is 325 g/mol. The number of halogens is 1. The SMILES string of the molecule is O=C(O)CN(C(=O)c1nn(-c2ccc(F)cc2)c2c1CCC2)C1CC1. The number of aliphatic carboxylic acids is 1. The molecular formula is C18H18FN3O3. The van der Waals surface area contributed by atoms with E-state index in [1.807, 2.05) is 0 Å². The second-order valence-corrected chi connectivity index (χ2v) is 6.57. The molecule has 2 aromatic rings. The van der Waals surface area contributed by atoms with E-state index in [0.29, 0.717) is 11.4 Å². The number of hydrogen-bond acceptors (Lipinski definition) is 3. The van der Waals surface area contributed by atoms with Crippen molar-refractivity contribution in [2.45, 2.75) is 38.1 Å². The Morgan fingerprint density at radius 1 is 1.24 bits per heavy atom. The van der Waals surface area contributed by atoms with Crippen LogP contribution in [0.15, 0.2) is 24.3 Å². The number of carboxylic acid groups (broad SMARTS) is 1. The van der Waals surface area contributed by atoms with Crippen LogP contribution in [-0.2, 0) is 17.6 Å². The zero-order valence-electron chi connectivity index (χ0n) is 13.6. The largest absolute Gasteiger partial charge is 0.480 e.